The first-order valence-electron chi connectivity index (χ1n) is 6.61. The molecule has 0 aromatic carbocycles. The molecule has 0 saturated heterocycles. The van der Waals surface area contributed by atoms with Gasteiger partial charge in [0.25, 0.3) is 0 Å². The monoisotopic (exact) mass is 339 g/mol. The number of fused-ring (bicyclic) bond motifs is 1. The van der Waals surface area contributed by atoms with E-state index in [2.05, 4.69) is 36.2 Å². The van der Waals surface area contributed by atoms with Gasteiger partial charge in [0.1, 0.15) is 11.3 Å². The van der Waals surface area contributed by atoms with Crippen molar-refractivity contribution in [3.63, 3.8) is 0 Å². The smallest absolute Gasteiger partial charge is 0.223 e. The van der Waals surface area contributed by atoms with Gasteiger partial charge in [-0.1, -0.05) is 15.9 Å². The minimum atomic E-state index is -0.483. The molecular formula is C13H15BrFN5. The Labute approximate surface area is 124 Å². The van der Waals surface area contributed by atoms with Crippen LogP contribution < -0.4 is 11.1 Å². The van der Waals surface area contributed by atoms with Gasteiger partial charge in [0, 0.05) is 17.1 Å². The highest BCUT2D eigenvalue weighted by atomic mass is 79.9. The average molecular weight is 340 g/mol. The molecule has 7 heteroatoms. The molecule has 0 radical (unpaired) electrons. The maximum Gasteiger partial charge on any atom is 0.223 e. The number of nitrogens with two attached hydrogens (primary N) is 1. The van der Waals surface area contributed by atoms with E-state index in [4.69, 9.17) is 5.73 Å². The summed E-state index contributed by atoms with van der Waals surface area (Å²) in [6.07, 6.45) is 6.96. The molecule has 3 N–H and O–H groups in total. The molecular weight excluding hydrogens is 325 g/mol. The predicted molar refractivity (Wildman–Crippen MR) is 80.3 cm³/mol. The Morgan fingerprint density at radius 2 is 1.95 bits per heavy atom. The molecule has 2 heterocycles. The van der Waals surface area contributed by atoms with Crippen LogP contribution in [0, 0.1) is 5.82 Å². The minimum Gasteiger partial charge on any atom is -0.383 e. The Hall–Kier alpha value is -1.50. The first kappa shape index (κ1) is 13.5. The van der Waals surface area contributed by atoms with Crippen molar-refractivity contribution in [1.29, 1.82) is 0 Å². The predicted octanol–water partition coefficient (Wildman–Crippen LogP) is 2.86. The summed E-state index contributed by atoms with van der Waals surface area (Å²) in [5.41, 5.74) is 5.90. The zero-order chi connectivity index (χ0) is 14.1. The lowest BCUT2D eigenvalue weighted by Gasteiger charge is -2.26. The van der Waals surface area contributed by atoms with Gasteiger partial charge in [-0.25, -0.2) is 19.3 Å². The minimum absolute atomic E-state index is 0.212. The number of rotatable bonds is 2. The van der Waals surface area contributed by atoms with Crippen LogP contribution in [0.5, 0.6) is 0 Å². The van der Waals surface area contributed by atoms with Crippen molar-refractivity contribution >= 4 is 38.6 Å². The summed E-state index contributed by atoms with van der Waals surface area (Å²) in [5.74, 6) is 0.205. The molecule has 1 aliphatic rings. The molecule has 1 saturated carbocycles. The van der Waals surface area contributed by atoms with Crippen molar-refractivity contribution in [2.45, 2.75) is 36.6 Å². The quantitative estimate of drug-likeness (QED) is 0.822. The van der Waals surface area contributed by atoms with Crippen molar-refractivity contribution in [2.24, 2.45) is 0 Å². The first-order valence-corrected chi connectivity index (χ1v) is 7.52. The lowest BCUT2D eigenvalue weighted by Crippen LogP contribution is -2.27. The van der Waals surface area contributed by atoms with E-state index in [-0.39, 0.29) is 11.3 Å². The standard InChI is InChI=1S/C13H15BrFN5/c14-7-1-3-8(4-2-7)19-13-18-5-9-11(20-13)10(15)6-17-12(9)16/h5-8H,1-4H2,(H2,16,17)(H,18,19,20). The van der Waals surface area contributed by atoms with Gasteiger partial charge in [-0.3, -0.25) is 0 Å². The Morgan fingerprint density at radius 1 is 1.20 bits per heavy atom. The molecule has 1 fully saturated rings. The van der Waals surface area contributed by atoms with Crippen LogP contribution in [0.4, 0.5) is 16.2 Å². The molecule has 106 valence electrons. The van der Waals surface area contributed by atoms with Gasteiger partial charge in [-0.2, -0.15) is 0 Å². The lowest BCUT2D eigenvalue weighted by molar-refractivity contribution is 0.475. The van der Waals surface area contributed by atoms with Crippen molar-refractivity contribution < 1.29 is 4.39 Å². The lowest BCUT2D eigenvalue weighted by atomic mass is 9.95. The van der Waals surface area contributed by atoms with Gasteiger partial charge in [-0.15, -0.1) is 0 Å². The largest absolute Gasteiger partial charge is 0.383 e. The molecule has 0 bridgehead atoms. The Morgan fingerprint density at radius 3 is 2.70 bits per heavy atom. The van der Waals surface area contributed by atoms with Crippen LogP contribution in [0.1, 0.15) is 25.7 Å². The molecule has 0 aliphatic heterocycles. The zero-order valence-corrected chi connectivity index (χ0v) is 12.4. The number of nitrogen functional groups attached to an aromatic ring is 1. The molecule has 5 nitrogen and oxygen atoms in total. The number of nitrogens with zero attached hydrogens (tertiary/aromatic N) is 3. The Kier molecular flexibility index (Phi) is 3.69. The van der Waals surface area contributed by atoms with Crippen molar-refractivity contribution in [1.82, 2.24) is 15.0 Å². The molecule has 3 rings (SSSR count). The van der Waals surface area contributed by atoms with E-state index in [1.54, 1.807) is 0 Å². The highest BCUT2D eigenvalue weighted by Gasteiger charge is 2.20. The van der Waals surface area contributed by atoms with Crippen LogP contribution in [0.3, 0.4) is 0 Å². The maximum absolute atomic E-state index is 13.7. The number of pyridine rings is 1. The number of hydrogen-bond acceptors (Lipinski definition) is 5. The van der Waals surface area contributed by atoms with Crippen LogP contribution in [0.15, 0.2) is 12.4 Å². The van der Waals surface area contributed by atoms with Gasteiger partial charge < -0.3 is 11.1 Å². The third-order valence-corrected chi connectivity index (χ3v) is 4.51. The molecule has 2 aromatic rings. The van der Waals surface area contributed by atoms with Crippen LogP contribution in [0.2, 0.25) is 0 Å². The first-order chi connectivity index (χ1) is 9.63. The van der Waals surface area contributed by atoms with E-state index >= 15 is 0 Å². The number of anilines is 2. The van der Waals surface area contributed by atoms with E-state index < -0.39 is 5.82 Å². The van der Waals surface area contributed by atoms with Gasteiger partial charge in [0.15, 0.2) is 5.82 Å². The van der Waals surface area contributed by atoms with Gasteiger partial charge >= 0.3 is 0 Å². The second kappa shape index (κ2) is 5.47. The van der Waals surface area contributed by atoms with Crippen LogP contribution >= 0.6 is 15.9 Å². The molecule has 0 spiro atoms. The zero-order valence-electron chi connectivity index (χ0n) is 10.8. The summed E-state index contributed by atoms with van der Waals surface area (Å²) in [6.45, 7) is 0. The highest BCUT2D eigenvalue weighted by Crippen LogP contribution is 2.26. The fraction of sp³-hybridized carbons (Fsp3) is 0.462. The highest BCUT2D eigenvalue weighted by molar-refractivity contribution is 9.09. The summed E-state index contributed by atoms with van der Waals surface area (Å²) < 4.78 is 13.7. The fourth-order valence-electron chi connectivity index (χ4n) is 2.46. The SMILES string of the molecule is Nc1ncc(F)c2nc(NC3CCC(Br)CC3)ncc12. The van der Waals surface area contributed by atoms with E-state index in [1.807, 2.05) is 0 Å². The molecule has 1 aliphatic carbocycles. The number of nitrogens with one attached hydrogen (secondary N) is 1. The number of halogens is 2. The van der Waals surface area contributed by atoms with Crippen molar-refractivity contribution in [3.05, 3.63) is 18.2 Å². The maximum atomic E-state index is 13.7. The van der Waals surface area contributed by atoms with Crippen molar-refractivity contribution in [3.8, 4) is 0 Å². The van der Waals surface area contributed by atoms with E-state index in [0.29, 0.717) is 22.2 Å². The number of aromatic nitrogens is 3. The molecule has 20 heavy (non-hydrogen) atoms. The van der Waals surface area contributed by atoms with Crippen LogP contribution in [-0.2, 0) is 0 Å². The van der Waals surface area contributed by atoms with Gasteiger partial charge in [0.2, 0.25) is 5.95 Å². The Balaban J connectivity index is 1.84. The summed E-state index contributed by atoms with van der Waals surface area (Å²) in [5, 5.41) is 3.71. The second-order valence-corrected chi connectivity index (χ2v) is 6.34. The fourth-order valence-corrected chi connectivity index (χ4v) is 2.99. The van der Waals surface area contributed by atoms with E-state index in [1.165, 1.54) is 6.20 Å². The van der Waals surface area contributed by atoms with Gasteiger partial charge in [-0.05, 0) is 25.7 Å². The van der Waals surface area contributed by atoms with Gasteiger partial charge in [0.05, 0.1) is 11.6 Å². The summed E-state index contributed by atoms with van der Waals surface area (Å²) in [7, 11) is 0. The van der Waals surface area contributed by atoms with E-state index in [9.17, 15) is 4.39 Å². The normalized spacial score (nSPS) is 22.9. The number of alkyl halides is 1. The molecule has 2 aromatic heterocycles. The molecule has 0 amide bonds. The summed E-state index contributed by atoms with van der Waals surface area (Å²) in [4.78, 5) is 12.8. The van der Waals surface area contributed by atoms with E-state index in [0.717, 1.165) is 31.9 Å². The average Bonchev–Trinajstić information content (AvgIpc) is 2.46. The van der Waals surface area contributed by atoms with Crippen molar-refractivity contribution in [2.75, 3.05) is 11.1 Å². The van der Waals surface area contributed by atoms with Crippen LogP contribution in [-0.4, -0.2) is 25.8 Å². The third-order valence-electron chi connectivity index (χ3n) is 3.60. The second-order valence-electron chi connectivity index (χ2n) is 5.04. The van der Waals surface area contributed by atoms with Crippen LogP contribution in [0.25, 0.3) is 10.9 Å². The number of hydrogen-bond donors (Lipinski definition) is 2. The topological polar surface area (TPSA) is 76.7 Å². The molecule has 0 atom stereocenters. The summed E-state index contributed by atoms with van der Waals surface area (Å²) >= 11 is 3.62. The molecule has 0 unspecified atom stereocenters. The Bertz CT molecular complexity index is 627. The third kappa shape index (κ3) is 2.67. The summed E-state index contributed by atoms with van der Waals surface area (Å²) in [6, 6.07) is 0.337.